The summed E-state index contributed by atoms with van der Waals surface area (Å²) in [5.74, 6) is 0.0524. The van der Waals surface area contributed by atoms with E-state index < -0.39 is 6.04 Å². The van der Waals surface area contributed by atoms with Gasteiger partial charge in [0.2, 0.25) is 11.8 Å². The molecule has 2 aromatic rings. The van der Waals surface area contributed by atoms with Crippen LogP contribution < -0.4 is 5.32 Å². The molecule has 1 atom stereocenters. The van der Waals surface area contributed by atoms with E-state index in [1.54, 1.807) is 37.3 Å². The lowest BCUT2D eigenvalue weighted by atomic mass is 10.1. The van der Waals surface area contributed by atoms with Crippen LogP contribution in [0.2, 0.25) is 10.0 Å². The van der Waals surface area contributed by atoms with Gasteiger partial charge < -0.3 is 10.2 Å². The van der Waals surface area contributed by atoms with E-state index in [9.17, 15) is 14.0 Å². The van der Waals surface area contributed by atoms with E-state index in [2.05, 4.69) is 5.32 Å². The van der Waals surface area contributed by atoms with Crippen LogP contribution in [0, 0.1) is 5.82 Å². The van der Waals surface area contributed by atoms with Crippen molar-refractivity contribution in [3.63, 3.8) is 0 Å². The first-order valence-corrected chi connectivity index (χ1v) is 11.1. The molecule has 4 nitrogen and oxygen atoms in total. The predicted molar refractivity (Wildman–Crippen MR) is 118 cm³/mol. The number of nitrogens with one attached hydrogen (secondary N) is 1. The average Bonchev–Trinajstić information content (AvgIpc) is 2.68. The van der Waals surface area contributed by atoms with E-state index in [-0.39, 0.29) is 29.9 Å². The van der Waals surface area contributed by atoms with Crippen LogP contribution in [-0.4, -0.2) is 35.1 Å². The van der Waals surface area contributed by atoms with Gasteiger partial charge in [-0.05, 0) is 49.2 Å². The first-order valence-electron chi connectivity index (χ1n) is 9.15. The third-order valence-corrected chi connectivity index (χ3v) is 5.86. The van der Waals surface area contributed by atoms with E-state index >= 15 is 0 Å². The molecule has 29 heavy (non-hydrogen) atoms. The van der Waals surface area contributed by atoms with Crippen molar-refractivity contribution in [3.8, 4) is 0 Å². The zero-order valence-electron chi connectivity index (χ0n) is 16.3. The van der Waals surface area contributed by atoms with E-state index in [1.807, 2.05) is 6.92 Å². The lowest BCUT2D eigenvalue weighted by Gasteiger charge is -2.29. The Hall–Kier alpha value is -1.76. The number of likely N-dealkylation sites (N-methyl/N-ethyl adjacent to an activating group) is 1. The number of amides is 2. The maximum Gasteiger partial charge on any atom is 0.242 e. The quantitative estimate of drug-likeness (QED) is 0.582. The fourth-order valence-corrected chi connectivity index (χ4v) is 4.00. The fraction of sp³-hybridized carbons (Fsp3) is 0.333. The zero-order chi connectivity index (χ0) is 21.4. The van der Waals surface area contributed by atoms with Crippen LogP contribution in [0.4, 0.5) is 4.39 Å². The van der Waals surface area contributed by atoms with Crippen LogP contribution in [-0.2, 0) is 21.9 Å². The number of hydrogen-bond acceptors (Lipinski definition) is 3. The topological polar surface area (TPSA) is 49.4 Å². The lowest BCUT2D eigenvalue weighted by Crippen LogP contribution is -2.48. The van der Waals surface area contributed by atoms with Crippen molar-refractivity contribution < 1.29 is 14.0 Å². The van der Waals surface area contributed by atoms with Crippen molar-refractivity contribution in [2.24, 2.45) is 0 Å². The van der Waals surface area contributed by atoms with Gasteiger partial charge in [-0.2, -0.15) is 0 Å². The van der Waals surface area contributed by atoms with Gasteiger partial charge in [-0.1, -0.05) is 41.4 Å². The molecule has 0 radical (unpaired) electrons. The highest BCUT2D eigenvalue weighted by molar-refractivity contribution is 7.99. The molecule has 0 aliphatic carbocycles. The van der Waals surface area contributed by atoms with Crippen LogP contribution in [0.5, 0.6) is 0 Å². The molecule has 0 saturated carbocycles. The SMILES string of the molecule is CCNC(=O)[C@H](C)N(Cc1ccc(Cl)cc1Cl)C(=O)CSCc1ccc(F)cc1. The fourth-order valence-electron chi connectivity index (χ4n) is 2.66. The Morgan fingerprint density at radius 2 is 1.86 bits per heavy atom. The molecule has 0 saturated heterocycles. The minimum Gasteiger partial charge on any atom is -0.355 e. The Bertz CT molecular complexity index is 849. The molecule has 2 rings (SSSR count). The summed E-state index contributed by atoms with van der Waals surface area (Å²) >= 11 is 13.6. The van der Waals surface area contributed by atoms with Gasteiger partial charge in [0.05, 0.1) is 5.75 Å². The normalized spacial score (nSPS) is 11.8. The molecule has 0 aliphatic rings. The third kappa shape index (κ3) is 7.21. The number of nitrogens with zero attached hydrogens (tertiary/aromatic N) is 1. The molecule has 0 fully saturated rings. The van der Waals surface area contributed by atoms with E-state index in [4.69, 9.17) is 23.2 Å². The first kappa shape index (κ1) is 23.5. The van der Waals surface area contributed by atoms with Gasteiger partial charge >= 0.3 is 0 Å². The zero-order valence-corrected chi connectivity index (χ0v) is 18.6. The molecule has 0 aliphatic heterocycles. The summed E-state index contributed by atoms with van der Waals surface area (Å²) in [5, 5.41) is 3.69. The molecule has 0 aromatic heterocycles. The van der Waals surface area contributed by atoms with Crippen molar-refractivity contribution in [1.29, 1.82) is 0 Å². The molecule has 156 valence electrons. The van der Waals surface area contributed by atoms with Gasteiger partial charge in [-0.25, -0.2) is 4.39 Å². The van der Waals surface area contributed by atoms with Gasteiger partial charge in [-0.3, -0.25) is 9.59 Å². The Labute approximate surface area is 184 Å². The van der Waals surface area contributed by atoms with Crippen molar-refractivity contribution in [2.75, 3.05) is 12.3 Å². The van der Waals surface area contributed by atoms with Crippen LogP contribution >= 0.6 is 35.0 Å². The molecule has 0 heterocycles. The second kappa shape index (κ2) is 11.4. The van der Waals surface area contributed by atoms with Crippen molar-refractivity contribution in [1.82, 2.24) is 10.2 Å². The Morgan fingerprint density at radius 1 is 1.17 bits per heavy atom. The molecule has 2 aromatic carbocycles. The number of thioether (sulfide) groups is 1. The summed E-state index contributed by atoms with van der Waals surface area (Å²) in [6, 6.07) is 10.6. The maximum absolute atomic E-state index is 13.0. The number of benzene rings is 2. The highest BCUT2D eigenvalue weighted by Crippen LogP contribution is 2.24. The highest BCUT2D eigenvalue weighted by Gasteiger charge is 2.26. The van der Waals surface area contributed by atoms with Crippen LogP contribution in [0.25, 0.3) is 0 Å². The summed E-state index contributed by atoms with van der Waals surface area (Å²) in [6.45, 7) is 4.19. The highest BCUT2D eigenvalue weighted by atomic mass is 35.5. The minimum atomic E-state index is -0.652. The average molecular weight is 457 g/mol. The van der Waals surface area contributed by atoms with Gasteiger partial charge in [0.25, 0.3) is 0 Å². The number of carbonyl (C=O) groups is 2. The lowest BCUT2D eigenvalue weighted by molar-refractivity contribution is -0.138. The maximum atomic E-state index is 13.0. The van der Waals surface area contributed by atoms with Gasteiger partial charge in [0.15, 0.2) is 0 Å². The summed E-state index contributed by atoms with van der Waals surface area (Å²) in [5.41, 5.74) is 1.64. The number of halogens is 3. The van der Waals surface area contributed by atoms with E-state index in [0.717, 1.165) is 5.56 Å². The Balaban J connectivity index is 2.09. The van der Waals surface area contributed by atoms with Crippen molar-refractivity contribution in [2.45, 2.75) is 32.2 Å². The largest absolute Gasteiger partial charge is 0.355 e. The second-order valence-electron chi connectivity index (χ2n) is 6.45. The number of hydrogen-bond donors (Lipinski definition) is 1. The minimum absolute atomic E-state index is 0.179. The van der Waals surface area contributed by atoms with E-state index in [1.165, 1.54) is 28.8 Å². The molecule has 0 spiro atoms. The standard InChI is InChI=1S/C21H23Cl2FN2O2S/c1-3-25-21(28)14(2)26(11-16-6-7-17(22)10-19(16)23)20(27)13-29-12-15-4-8-18(24)9-5-15/h4-10,14H,3,11-13H2,1-2H3,(H,25,28)/t14-/m0/s1. The first-order chi connectivity index (χ1) is 13.8. The van der Waals surface area contributed by atoms with Crippen LogP contribution in [0.1, 0.15) is 25.0 Å². The third-order valence-electron chi connectivity index (χ3n) is 4.28. The smallest absolute Gasteiger partial charge is 0.242 e. The molecule has 8 heteroatoms. The molecule has 0 bridgehead atoms. The second-order valence-corrected chi connectivity index (χ2v) is 8.28. The van der Waals surface area contributed by atoms with Gasteiger partial charge in [-0.15, -0.1) is 11.8 Å². The van der Waals surface area contributed by atoms with E-state index in [0.29, 0.717) is 27.9 Å². The molecular formula is C21H23Cl2FN2O2S. The summed E-state index contributed by atoms with van der Waals surface area (Å²) in [7, 11) is 0. The Kier molecular flexibility index (Phi) is 9.27. The summed E-state index contributed by atoms with van der Waals surface area (Å²) < 4.78 is 13.0. The monoisotopic (exact) mass is 456 g/mol. The molecule has 0 unspecified atom stereocenters. The van der Waals surface area contributed by atoms with Gasteiger partial charge in [0, 0.05) is 28.9 Å². The van der Waals surface area contributed by atoms with Crippen LogP contribution in [0.3, 0.4) is 0 Å². The molecular weight excluding hydrogens is 434 g/mol. The molecule has 2 amide bonds. The molecule has 1 N–H and O–H groups in total. The number of carbonyl (C=O) groups excluding carboxylic acids is 2. The van der Waals surface area contributed by atoms with Crippen LogP contribution in [0.15, 0.2) is 42.5 Å². The van der Waals surface area contributed by atoms with Gasteiger partial charge in [0.1, 0.15) is 11.9 Å². The predicted octanol–water partition coefficient (Wildman–Crippen LogP) is 4.92. The Morgan fingerprint density at radius 3 is 2.48 bits per heavy atom. The summed E-state index contributed by atoms with van der Waals surface area (Å²) in [4.78, 5) is 26.8. The van der Waals surface area contributed by atoms with Crippen molar-refractivity contribution in [3.05, 3.63) is 69.5 Å². The summed E-state index contributed by atoms with van der Waals surface area (Å²) in [6.07, 6.45) is 0. The van der Waals surface area contributed by atoms with Crippen molar-refractivity contribution >= 4 is 46.8 Å². The number of rotatable bonds is 9.